The third kappa shape index (κ3) is 5.62. The highest BCUT2D eigenvalue weighted by molar-refractivity contribution is 5.79. The van der Waals surface area contributed by atoms with E-state index in [1.807, 2.05) is 0 Å². The summed E-state index contributed by atoms with van der Waals surface area (Å²) in [5, 5.41) is 14.7. The van der Waals surface area contributed by atoms with Gasteiger partial charge in [0.25, 0.3) is 6.02 Å². The quantitative estimate of drug-likeness (QED) is 0.638. The molecule has 11 heteroatoms. The van der Waals surface area contributed by atoms with E-state index >= 15 is 0 Å². The topological polar surface area (TPSA) is 92.5 Å². The van der Waals surface area contributed by atoms with Crippen molar-refractivity contribution in [1.29, 1.82) is 5.41 Å². The number of alkyl halides is 3. The summed E-state index contributed by atoms with van der Waals surface area (Å²) < 4.78 is 53.2. The van der Waals surface area contributed by atoms with Crippen LogP contribution >= 0.6 is 0 Å². The molecule has 33 heavy (non-hydrogen) atoms. The molecule has 2 aliphatic heterocycles. The molecule has 2 saturated heterocycles. The van der Waals surface area contributed by atoms with Crippen molar-refractivity contribution in [3.63, 3.8) is 0 Å². The average Bonchev–Trinajstić information content (AvgIpc) is 3.53. The number of ether oxygens (including phenoxy) is 2. The van der Waals surface area contributed by atoms with E-state index in [0.717, 1.165) is 6.42 Å². The molecule has 1 aromatic heterocycles. The van der Waals surface area contributed by atoms with Gasteiger partial charge in [0.1, 0.15) is 6.61 Å². The molecule has 1 aliphatic carbocycles. The molecule has 0 radical (unpaired) electrons. The maximum absolute atomic E-state index is 13.8. The van der Waals surface area contributed by atoms with Crippen molar-refractivity contribution >= 4 is 11.9 Å². The van der Waals surface area contributed by atoms with Gasteiger partial charge in [0.05, 0.1) is 13.2 Å². The van der Waals surface area contributed by atoms with Crippen LogP contribution in [0.25, 0.3) is 0 Å². The number of rotatable bonds is 7. The summed E-state index contributed by atoms with van der Waals surface area (Å²) in [7, 11) is 0. The Kier molecular flexibility index (Phi) is 7.16. The minimum atomic E-state index is -4.55. The maximum atomic E-state index is 13.8. The molecule has 1 amide bonds. The second kappa shape index (κ2) is 9.90. The van der Waals surface area contributed by atoms with Gasteiger partial charge < -0.3 is 19.7 Å². The molecule has 0 spiro atoms. The summed E-state index contributed by atoms with van der Waals surface area (Å²) in [6.07, 6.45) is -0.705. The lowest BCUT2D eigenvalue weighted by molar-refractivity contribution is -0.142. The Morgan fingerprint density at radius 2 is 2.09 bits per heavy atom. The van der Waals surface area contributed by atoms with Gasteiger partial charge in [-0.3, -0.25) is 14.9 Å². The summed E-state index contributed by atoms with van der Waals surface area (Å²) in [5.41, 5.74) is -0.682. The second-order valence-electron chi connectivity index (χ2n) is 9.33. The number of hydrogen-bond donors (Lipinski definition) is 2. The zero-order chi connectivity index (χ0) is 23.6. The largest absolute Gasteiger partial charge is 0.463 e. The Hall–Kier alpha value is -2.30. The molecule has 4 atom stereocenters. The summed E-state index contributed by atoms with van der Waals surface area (Å²) in [6, 6.07) is 0.0918. The Balaban J connectivity index is 1.53. The van der Waals surface area contributed by atoms with Crippen LogP contribution in [0, 0.1) is 23.2 Å². The normalized spacial score (nSPS) is 28.2. The number of carbonyl (C=O) groups excluding carboxylic acids is 1. The first kappa shape index (κ1) is 23.8. The van der Waals surface area contributed by atoms with E-state index in [2.05, 4.69) is 10.4 Å². The number of aryl methyl sites for hydroxylation is 1. The maximum Gasteiger partial charge on any atom is 0.435 e. The van der Waals surface area contributed by atoms with Crippen molar-refractivity contribution in [3.05, 3.63) is 17.5 Å². The highest BCUT2D eigenvalue weighted by atomic mass is 19.4. The molecule has 3 heterocycles. The van der Waals surface area contributed by atoms with E-state index in [4.69, 9.17) is 14.9 Å². The smallest absolute Gasteiger partial charge is 0.435 e. The number of hydrogen-bond acceptors (Lipinski definition) is 5. The molecule has 3 aliphatic rings. The van der Waals surface area contributed by atoms with Gasteiger partial charge in [0.15, 0.2) is 5.69 Å². The molecule has 184 valence electrons. The monoisotopic (exact) mass is 471 g/mol. The van der Waals surface area contributed by atoms with Crippen molar-refractivity contribution in [2.45, 2.75) is 51.2 Å². The molecule has 4 unspecified atom stereocenters. The van der Waals surface area contributed by atoms with Gasteiger partial charge in [-0.15, -0.1) is 0 Å². The molecule has 1 aromatic rings. The van der Waals surface area contributed by atoms with E-state index < -0.39 is 17.8 Å². The molecular weight excluding hydrogens is 439 g/mol. The SMILES string of the molecule is CCn1cc(C2CC(CN3CCOC3=N)CC(C(=O)NCC3CCOC3)C2)c(C(F)(F)F)n1. The Labute approximate surface area is 191 Å². The molecule has 3 fully saturated rings. The van der Waals surface area contributed by atoms with Gasteiger partial charge >= 0.3 is 6.18 Å². The van der Waals surface area contributed by atoms with Gasteiger partial charge in [0.2, 0.25) is 5.91 Å². The standard InChI is InChI=1S/C22H32F3N5O3/c1-2-30-12-18(19(28-30)22(23,24)25)16-7-15(11-29-4-6-33-21(29)26)8-17(9-16)20(31)27-10-14-3-5-32-13-14/h12,14-17,26H,2-11,13H2,1H3,(H,27,31). The highest BCUT2D eigenvalue weighted by Crippen LogP contribution is 2.44. The third-order valence-corrected chi connectivity index (χ3v) is 6.95. The Morgan fingerprint density at radius 3 is 2.73 bits per heavy atom. The molecule has 2 N–H and O–H groups in total. The molecule has 4 rings (SSSR count). The number of nitrogens with one attached hydrogen (secondary N) is 2. The summed E-state index contributed by atoms with van der Waals surface area (Å²) in [6.45, 7) is 5.45. The van der Waals surface area contributed by atoms with Crippen molar-refractivity contribution in [3.8, 4) is 0 Å². The fourth-order valence-electron chi connectivity index (χ4n) is 5.24. The van der Waals surface area contributed by atoms with Gasteiger partial charge in [0, 0.05) is 49.8 Å². The molecule has 0 bridgehead atoms. The van der Waals surface area contributed by atoms with E-state index in [9.17, 15) is 18.0 Å². The first-order chi connectivity index (χ1) is 15.7. The van der Waals surface area contributed by atoms with Gasteiger partial charge in [-0.2, -0.15) is 18.3 Å². The van der Waals surface area contributed by atoms with E-state index in [-0.39, 0.29) is 35.2 Å². The minimum absolute atomic E-state index is 0.0255. The number of amides is 1. The summed E-state index contributed by atoms with van der Waals surface area (Å²) >= 11 is 0. The number of aromatic nitrogens is 2. The van der Waals surface area contributed by atoms with Crippen molar-refractivity contribution < 1.29 is 27.4 Å². The Morgan fingerprint density at radius 1 is 1.27 bits per heavy atom. The average molecular weight is 472 g/mol. The van der Waals surface area contributed by atoms with Crippen LogP contribution in [0.1, 0.15) is 49.8 Å². The number of nitrogens with zero attached hydrogens (tertiary/aromatic N) is 3. The van der Waals surface area contributed by atoms with Crippen LogP contribution in [0.15, 0.2) is 6.20 Å². The predicted octanol–water partition coefficient (Wildman–Crippen LogP) is 2.84. The van der Waals surface area contributed by atoms with Crippen LogP contribution in [0.4, 0.5) is 13.2 Å². The zero-order valence-corrected chi connectivity index (χ0v) is 18.9. The lowest BCUT2D eigenvalue weighted by atomic mass is 9.72. The van der Waals surface area contributed by atoms with Crippen molar-refractivity contribution in [2.24, 2.45) is 17.8 Å². The van der Waals surface area contributed by atoms with Crippen molar-refractivity contribution in [1.82, 2.24) is 20.0 Å². The van der Waals surface area contributed by atoms with Gasteiger partial charge in [-0.05, 0) is 44.4 Å². The van der Waals surface area contributed by atoms with Crippen LogP contribution in [0.5, 0.6) is 0 Å². The van der Waals surface area contributed by atoms with Gasteiger partial charge in [-0.1, -0.05) is 0 Å². The van der Waals surface area contributed by atoms with E-state index in [1.54, 1.807) is 11.8 Å². The molecular formula is C22H32F3N5O3. The third-order valence-electron chi connectivity index (χ3n) is 6.95. The van der Waals surface area contributed by atoms with Crippen molar-refractivity contribution in [2.75, 3.05) is 39.5 Å². The first-order valence-electron chi connectivity index (χ1n) is 11.7. The fraction of sp³-hybridized carbons (Fsp3) is 0.773. The van der Waals surface area contributed by atoms with Crippen LogP contribution in [-0.4, -0.2) is 66.1 Å². The predicted molar refractivity (Wildman–Crippen MR) is 114 cm³/mol. The number of carbonyl (C=O) groups is 1. The zero-order valence-electron chi connectivity index (χ0n) is 18.9. The molecule has 8 nitrogen and oxygen atoms in total. The van der Waals surface area contributed by atoms with Crippen LogP contribution < -0.4 is 5.32 Å². The second-order valence-corrected chi connectivity index (χ2v) is 9.33. The number of halogens is 3. The van der Waals surface area contributed by atoms with Gasteiger partial charge in [-0.25, -0.2) is 0 Å². The lowest BCUT2D eigenvalue weighted by Crippen LogP contribution is -2.41. The lowest BCUT2D eigenvalue weighted by Gasteiger charge is -2.36. The Bertz CT molecular complexity index is 853. The fourth-order valence-corrected chi connectivity index (χ4v) is 5.24. The van der Waals surface area contributed by atoms with E-state index in [0.29, 0.717) is 65.3 Å². The highest BCUT2D eigenvalue weighted by Gasteiger charge is 2.42. The summed E-state index contributed by atoms with van der Waals surface area (Å²) in [5.74, 6) is -0.669. The molecule has 1 saturated carbocycles. The molecule has 0 aromatic carbocycles. The van der Waals surface area contributed by atoms with Crippen LogP contribution in [0.2, 0.25) is 0 Å². The summed E-state index contributed by atoms with van der Waals surface area (Å²) in [4.78, 5) is 14.9. The minimum Gasteiger partial charge on any atom is -0.463 e. The first-order valence-corrected chi connectivity index (χ1v) is 11.7. The van der Waals surface area contributed by atoms with E-state index in [1.165, 1.54) is 10.9 Å². The number of amidine groups is 1. The van der Waals surface area contributed by atoms with Crippen LogP contribution in [0.3, 0.4) is 0 Å². The van der Waals surface area contributed by atoms with Crippen LogP contribution in [-0.2, 0) is 27.0 Å².